The Bertz CT molecular complexity index is 236. The Hall–Kier alpha value is -0.650. The lowest BCUT2D eigenvalue weighted by atomic mass is 10.0. The molecule has 1 atom stereocenters. The smallest absolute Gasteiger partial charge is 0.233 e. The zero-order valence-corrected chi connectivity index (χ0v) is 10.3. The maximum Gasteiger partial charge on any atom is 0.233 e. The molecule has 2 aliphatic heterocycles. The van der Waals surface area contributed by atoms with Crippen LogP contribution in [0.3, 0.4) is 0 Å². The third kappa shape index (κ3) is 4.61. The molecular weight excluding hydrogens is 218 g/mol. The van der Waals surface area contributed by atoms with Gasteiger partial charge in [-0.25, -0.2) is 0 Å². The number of ether oxygens (including phenoxy) is 1. The first-order valence-corrected chi connectivity index (χ1v) is 6.63. The van der Waals surface area contributed by atoms with Gasteiger partial charge in [0.2, 0.25) is 5.91 Å². The van der Waals surface area contributed by atoms with E-state index in [0.29, 0.717) is 18.5 Å². The predicted molar refractivity (Wildman–Crippen MR) is 65.8 cm³/mol. The Kier molecular flexibility index (Phi) is 5.22. The summed E-state index contributed by atoms with van der Waals surface area (Å²) in [5.41, 5.74) is 0. The van der Waals surface area contributed by atoms with Crippen molar-refractivity contribution < 1.29 is 9.53 Å². The molecule has 5 nitrogen and oxygen atoms in total. The van der Waals surface area contributed by atoms with Crippen LogP contribution >= 0.6 is 0 Å². The molecule has 3 N–H and O–H groups in total. The van der Waals surface area contributed by atoms with E-state index in [2.05, 4.69) is 16.0 Å². The Morgan fingerprint density at radius 3 is 2.82 bits per heavy atom. The van der Waals surface area contributed by atoms with Crippen molar-refractivity contribution >= 4 is 5.91 Å². The van der Waals surface area contributed by atoms with Crippen molar-refractivity contribution in [3.63, 3.8) is 0 Å². The van der Waals surface area contributed by atoms with Crippen molar-refractivity contribution in [2.45, 2.75) is 25.3 Å². The average Bonchev–Trinajstić information content (AvgIpc) is 2.88. The molecule has 17 heavy (non-hydrogen) atoms. The lowest BCUT2D eigenvalue weighted by Gasteiger charge is -2.22. The van der Waals surface area contributed by atoms with E-state index in [4.69, 9.17) is 4.74 Å². The standard InChI is InChI=1S/C12H23N3O2/c16-12(9-14-11-1-4-13-8-11)15-7-10-2-5-17-6-3-10/h10-11,13-14H,1-9H2,(H,15,16). The molecule has 0 aromatic heterocycles. The maximum absolute atomic E-state index is 11.6. The number of carbonyl (C=O) groups is 1. The summed E-state index contributed by atoms with van der Waals surface area (Å²) in [6.07, 6.45) is 3.26. The van der Waals surface area contributed by atoms with Gasteiger partial charge in [-0.3, -0.25) is 4.79 Å². The lowest BCUT2D eigenvalue weighted by molar-refractivity contribution is -0.120. The van der Waals surface area contributed by atoms with Crippen LogP contribution in [0.4, 0.5) is 0 Å². The summed E-state index contributed by atoms with van der Waals surface area (Å²) < 4.78 is 5.29. The van der Waals surface area contributed by atoms with Crippen LogP contribution in [0.5, 0.6) is 0 Å². The summed E-state index contributed by atoms with van der Waals surface area (Å²) in [6.45, 7) is 4.95. The fourth-order valence-corrected chi connectivity index (χ4v) is 2.34. The number of amides is 1. The highest BCUT2D eigenvalue weighted by Gasteiger charge is 2.16. The van der Waals surface area contributed by atoms with Crippen LogP contribution in [0.15, 0.2) is 0 Å². The molecule has 5 heteroatoms. The lowest BCUT2D eigenvalue weighted by Crippen LogP contribution is -2.41. The predicted octanol–water partition coefficient (Wildman–Crippen LogP) is -0.519. The van der Waals surface area contributed by atoms with Gasteiger partial charge in [0.05, 0.1) is 6.54 Å². The number of nitrogens with one attached hydrogen (secondary N) is 3. The molecule has 98 valence electrons. The van der Waals surface area contributed by atoms with Gasteiger partial charge in [-0.2, -0.15) is 0 Å². The molecule has 0 radical (unpaired) electrons. The van der Waals surface area contributed by atoms with E-state index in [-0.39, 0.29) is 5.91 Å². The third-order valence-electron chi connectivity index (χ3n) is 3.54. The van der Waals surface area contributed by atoms with Crippen LogP contribution in [0.25, 0.3) is 0 Å². The molecule has 0 aromatic carbocycles. The molecule has 0 bridgehead atoms. The van der Waals surface area contributed by atoms with Crippen molar-refractivity contribution in [3.05, 3.63) is 0 Å². The van der Waals surface area contributed by atoms with Crippen molar-refractivity contribution in [1.82, 2.24) is 16.0 Å². The van der Waals surface area contributed by atoms with Crippen LogP contribution in [-0.4, -0.2) is 51.3 Å². The van der Waals surface area contributed by atoms with E-state index < -0.39 is 0 Å². The van der Waals surface area contributed by atoms with Gasteiger partial charge in [0, 0.05) is 32.3 Å². The summed E-state index contributed by atoms with van der Waals surface area (Å²) in [5, 5.41) is 9.54. The van der Waals surface area contributed by atoms with Crippen molar-refractivity contribution in [2.24, 2.45) is 5.92 Å². The topological polar surface area (TPSA) is 62.4 Å². The van der Waals surface area contributed by atoms with Crippen LogP contribution < -0.4 is 16.0 Å². The molecule has 2 aliphatic rings. The first-order chi connectivity index (χ1) is 8.34. The summed E-state index contributed by atoms with van der Waals surface area (Å²) in [6, 6.07) is 0.462. The van der Waals surface area contributed by atoms with Crippen molar-refractivity contribution in [3.8, 4) is 0 Å². The largest absolute Gasteiger partial charge is 0.381 e. The highest BCUT2D eigenvalue weighted by Crippen LogP contribution is 2.12. The summed E-state index contributed by atoms with van der Waals surface area (Å²) in [4.78, 5) is 11.6. The summed E-state index contributed by atoms with van der Waals surface area (Å²) in [5.74, 6) is 0.712. The van der Waals surface area contributed by atoms with Crippen LogP contribution in [0.1, 0.15) is 19.3 Å². The molecule has 0 aliphatic carbocycles. The van der Waals surface area contributed by atoms with Gasteiger partial charge >= 0.3 is 0 Å². The molecule has 0 saturated carbocycles. The van der Waals surface area contributed by atoms with Gasteiger partial charge < -0.3 is 20.7 Å². The summed E-state index contributed by atoms with van der Waals surface area (Å²) >= 11 is 0. The molecule has 2 heterocycles. The van der Waals surface area contributed by atoms with E-state index in [0.717, 1.165) is 52.1 Å². The molecule has 2 saturated heterocycles. The Balaban J connectivity index is 1.53. The van der Waals surface area contributed by atoms with E-state index >= 15 is 0 Å². The zero-order chi connectivity index (χ0) is 11.9. The fraction of sp³-hybridized carbons (Fsp3) is 0.917. The highest BCUT2D eigenvalue weighted by atomic mass is 16.5. The Morgan fingerprint density at radius 1 is 1.29 bits per heavy atom. The van der Waals surface area contributed by atoms with Crippen molar-refractivity contribution in [1.29, 1.82) is 0 Å². The fourth-order valence-electron chi connectivity index (χ4n) is 2.34. The number of hydrogen-bond acceptors (Lipinski definition) is 4. The minimum Gasteiger partial charge on any atom is -0.381 e. The van der Waals surface area contributed by atoms with Crippen LogP contribution in [-0.2, 0) is 9.53 Å². The summed E-state index contributed by atoms with van der Waals surface area (Å²) in [7, 11) is 0. The van der Waals surface area contributed by atoms with E-state index in [1.165, 1.54) is 0 Å². The minimum absolute atomic E-state index is 0.114. The normalized spacial score (nSPS) is 26.0. The van der Waals surface area contributed by atoms with E-state index in [1.807, 2.05) is 0 Å². The second-order valence-corrected chi connectivity index (χ2v) is 4.93. The van der Waals surface area contributed by atoms with E-state index in [9.17, 15) is 4.79 Å². The number of hydrogen-bond donors (Lipinski definition) is 3. The van der Waals surface area contributed by atoms with Gasteiger partial charge in [0.25, 0.3) is 0 Å². The van der Waals surface area contributed by atoms with Gasteiger partial charge in [-0.05, 0) is 31.7 Å². The first-order valence-electron chi connectivity index (χ1n) is 6.63. The van der Waals surface area contributed by atoms with Crippen molar-refractivity contribution in [2.75, 3.05) is 39.4 Å². The highest BCUT2D eigenvalue weighted by molar-refractivity contribution is 5.78. The van der Waals surface area contributed by atoms with Crippen LogP contribution in [0.2, 0.25) is 0 Å². The van der Waals surface area contributed by atoms with Gasteiger partial charge in [-0.15, -0.1) is 0 Å². The average molecular weight is 241 g/mol. The molecule has 1 amide bonds. The van der Waals surface area contributed by atoms with Crippen LogP contribution in [0, 0.1) is 5.92 Å². The third-order valence-corrected chi connectivity index (χ3v) is 3.54. The van der Waals surface area contributed by atoms with Gasteiger partial charge in [0.15, 0.2) is 0 Å². The molecular formula is C12H23N3O2. The molecule has 1 unspecified atom stereocenters. The quantitative estimate of drug-likeness (QED) is 0.606. The van der Waals surface area contributed by atoms with Gasteiger partial charge in [0.1, 0.15) is 0 Å². The maximum atomic E-state index is 11.6. The monoisotopic (exact) mass is 241 g/mol. The molecule has 0 spiro atoms. The second-order valence-electron chi connectivity index (χ2n) is 4.93. The second kappa shape index (κ2) is 6.93. The molecule has 0 aromatic rings. The molecule has 2 fully saturated rings. The molecule has 2 rings (SSSR count). The Morgan fingerprint density at radius 2 is 2.12 bits per heavy atom. The van der Waals surface area contributed by atoms with Gasteiger partial charge in [-0.1, -0.05) is 0 Å². The number of rotatable bonds is 5. The zero-order valence-electron chi connectivity index (χ0n) is 10.3. The Labute approximate surface area is 103 Å². The van der Waals surface area contributed by atoms with E-state index in [1.54, 1.807) is 0 Å². The number of carbonyl (C=O) groups excluding carboxylic acids is 1. The SMILES string of the molecule is O=C(CNC1CCNC1)NCC1CCOCC1. The minimum atomic E-state index is 0.114. The first kappa shape index (κ1) is 12.8.